The molecule has 1 N–H and O–H groups in total. The number of nitrogens with zero attached hydrogens (tertiary/aromatic N) is 1. The molecule has 178 valence electrons. The van der Waals surface area contributed by atoms with E-state index in [4.69, 9.17) is 11.6 Å². The Morgan fingerprint density at radius 1 is 1.12 bits per heavy atom. The lowest BCUT2D eigenvalue weighted by molar-refractivity contribution is -0.139. The summed E-state index contributed by atoms with van der Waals surface area (Å²) < 4.78 is 14.1. The zero-order valence-corrected chi connectivity index (χ0v) is 20.6. The second-order valence-corrected chi connectivity index (χ2v) is 9.86. The molecule has 3 rings (SSSR count). The van der Waals surface area contributed by atoms with Crippen molar-refractivity contribution in [3.63, 3.8) is 0 Å². The largest absolute Gasteiger partial charge is 0.352 e. The third-order valence-electron chi connectivity index (χ3n) is 6.07. The molecule has 0 saturated heterocycles. The first-order valence-electron chi connectivity index (χ1n) is 11.6. The highest BCUT2D eigenvalue weighted by atomic mass is 35.5. The third-order valence-corrected chi connectivity index (χ3v) is 7.36. The van der Waals surface area contributed by atoms with E-state index in [1.54, 1.807) is 17.0 Å². The quantitative estimate of drug-likeness (QED) is 0.446. The number of nitrogens with one attached hydrogen (secondary N) is 1. The molecule has 1 saturated carbocycles. The van der Waals surface area contributed by atoms with E-state index in [0.717, 1.165) is 31.2 Å². The van der Waals surface area contributed by atoms with E-state index in [1.165, 1.54) is 24.2 Å². The van der Waals surface area contributed by atoms with Crippen LogP contribution in [0.2, 0.25) is 5.02 Å². The van der Waals surface area contributed by atoms with Crippen LogP contribution in [0.4, 0.5) is 4.39 Å². The van der Waals surface area contributed by atoms with E-state index in [9.17, 15) is 14.0 Å². The topological polar surface area (TPSA) is 49.4 Å². The van der Waals surface area contributed by atoms with E-state index in [2.05, 4.69) is 5.32 Å². The van der Waals surface area contributed by atoms with Crippen LogP contribution in [-0.2, 0) is 21.9 Å². The van der Waals surface area contributed by atoms with Crippen molar-refractivity contribution < 1.29 is 14.0 Å². The van der Waals surface area contributed by atoms with Crippen molar-refractivity contribution in [3.8, 4) is 0 Å². The van der Waals surface area contributed by atoms with Gasteiger partial charge in [-0.2, -0.15) is 0 Å². The highest BCUT2D eigenvalue weighted by molar-refractivity contribution is 7.99. The molecule has 2 aromatic carbocycles. The minimum Gasteiger partial charge on any atom is -0.352 e. The second-order valence-electron chi connectivity index (χ2n) is 8.47. The molecule has 4 nitrogen and oxygen atoms in total. The lowest BCUT2D eigenvalue weighted by atomic mass is 9.95. The monoisotopic (exact) mass is 490 g/mol. The van der Waals surface area contributed by atoms with E-state index in [1.807, 2.05) is 37.3 Å². The lowest BCUT2D eigenvalue weighted by Gasteiger charge is -2.32. The van der Waals surface area contributed by atoms with Gasteiger partial charge in [0.1, 0.15) is 11.9 Å². The molecule has 1 fully saturated rings. The molecule has 0 aliphatic heterocycles. The molecule has 1 atom stereocenters. The first kappa shape index (κ1) is 25.6. The lowest BCUT2D eigenvalue weighted by Crippen LogP contribution is -2.52. The Labute approximate surface area is 205 Å². The van der Waals surface area contributed by atoms with Crippen LogP contribution in [0.1, 0.15) is 56.6 Å². The molecule has 33 heavy (non-hydrogen) atoms. The molecule has 2 amide bonds. The number of hydrogen-bond acceptors (Lipinski definition) is 3. The normalized spacial score (nSPS) is 15.1. The molecule has 0 spiro atoms. The van der Waals surface area contributed by atoms with Crippen molar-refractivity contribution >= 4 is 35.2 Å². The first-order valence-corrected chi connectivity index (χ1v) is 13.2. The molecule has 0 aromatic heterocycles. The zero-order valence-electron chi connectivity index (χ0n) is 19.1. The van der Waals surface area contributed by atoms with E-state index in [0.29, 0.717) is 29.3 Å². The second kappa shape index (κ2) is 13.0. The molecular formula is C26H32ClFN2O2S. The van der Waals surface area contributed by atoms with Crippen LogP contribution in [-0.4, -0.2) is 34.6 Å². The van der Waals surface area contributed by atoms with Gasteiger partial charge in [0, 0.05) is 28.9 Å². The zero-order chi connectivity index (χ0) is 23.6. The molecule has 1 aliphatic rings. The number of benzene rings is 2. The van der Waals surface area contributed by atoms with Crippen molar-refractivity contribution in [1.29, 1.82) is 0 Å². The third kappa shape index (κ3) is 7.47. The Hall–Kier alpha value is -2.05. The van der Waals surface area contributed by atoms with Crippen molar-refractivity contribution in [2.75, 3.05) is 5.75 Å². The number of hydrogen-bond donors (Lipinski definition) is 1. The Morgan fingerprint density at radius 3 is 2.52 bits per heavy atom. The summed E-state index contributed by atoms with van der Waals surface area (Å²) in [6.07, 6.45) is 5.99. The number of rotatable bonds is 10. The summed E-state index contributed by atoms with van der Waals surface area (Å²) in [7, 11) is 0. The Kier molecular flexibility index (Phi) is 10.1. The van der Waals surface area contributed by atoms with Crippen LogP contribution in [0.3, 0.4) is 0 Å². The van der Waals surface area contributed by atoms with Gasteiger partial charge < -0.3 is 10.2 Å². The Balaban J connectivity index is 1.70. The van der Waals surface area contributed by atoms with Gasteiger partial charge in [0.15, 0.2) is 0 Å². The maximum Gasteiger partial charge on any atom is 0.243 e. The van der Waals surface area contributed by atoms with Gasteiger partial charge in [-0.3, -0.25) is 9.59 Å². The maximum absolute atomic E-state index is 14.1. The van der Waals surface area contributed by atoms with Gasteiger partial charge in [0.05, 0.1) is 5.75 Å². The number of thioether (sulfide) groups is 1. The van der Waals surface area contributed by atoms with Crippen LogP contribution in [0.25, 0.3) is 0 Å². The molecule has 0 heterocycles. The van der Waals surface area contributed by atoms with Crippen molar-refractivity contribution in [2.24, 2.45) is 0 Å². The fourth-order valence-corrected chi connectivity index (χ4v) is 5.49. The highest BCUT2D eigenvalue weighted by Gasteiger charge is 2.30. The highest BCUT2D eigenvalue weighted by Crippen LogP contribution is 2.25. The molecule has 0 radical (unpaired) electrons. The summed E-state index contributed by atoms with van der Waals surface area (Å²) in [5.74, 6) is -0.161. The van der Waals surface area contributed by atoms with Crippen molar-refractivity contribution in [3.05, 3.63) is 70.5 Å². The minimum absolute atomic E-state index is 0.0872. The van der Waals surface area contributed by atoms with Crippen molar-refractivity contribution in [2.45, 2.75) is 69.8 Å². The number of carbonyl (C=O) groups excluding carboxylic acids is 2. The van der Waals surface area contributed by atoms with Gasteiger partial charge in [0.2, 0.25) is 11.8 Å². The van der Waals surface area contributed by atoms with Crippen molar-refractivity contribution in [1.82, 2.24) is 10.2 Å². The molecule has 7 heteroatoms. The van der Waals surface area contributed by atoms with Gasteiger partial charge in [-0.05, 0) is 37.0 Å². The minimum atomic E-state index is -0.544. The van der Waals surface area contributed by atoms with Crippen LogP contribution in [0.15, 0.2) is 48.5 Å². The summed E-state index contributed by atoms with van der Waals surface area (Å²) in [5.41, 5.74) is 1.37. The smallest absolute Gasteiger partial charge is 0.243 e. The summed E-state index contributed by atoms with van der Waals surface area (Å²) in [6.45, 7) is 2.29. The molecule has 2 aromatic rings. The maximum atomic E-state index is 14.1. The van der Waals surface area contributed by atoms with Crippen LogP contribution in [0.5, 0.6) is 0 Å². The van der Waals surface area contributed by atoms with Crippen LogP contribution < -0.4 is 5.32 Å². The van der Waals surface area contributed by atoms with Crippen LogP contribution in [0, 0.1) is 5.82 Å². The predicted octanol–water partition coefficient (Wildman–Crippen LogP) is 5.97. The van der Waals surface area contributed by atoms with Crippen LogP contribution >= 0.6 is 23.4 Å². The predicted molar refractivity (Wildman–Crippen MR) is 134 cm³/mol. The molecular weight excluding hydrogens is 459 g/mol. The van der Waals surface area contributed by atoms with Gasteiger partial charge >= 0.3 is 0 Å². The van der Waals surface area contributed by atoms with E-state index >= 15 is 0 Å². The summed E-state index contributed by atoms with van der Waals surface area (Å²) in [5, 5.41) is 3.54. The fourth-order valence-electron chi connectivity index (χ4n) is 4.24. The standard InChI is InChI=1S/C26H32ClFN2O2S/c1-2-24(26(32)29-20-12-7-4-8-13-20)30(16-19-10-5-3-6-11-19)25(31)18-33-17-21-22(27)14-9-15-23(21)28/h3,5-6,9-11,14-15,20,24H,2,4,7-8,12-13,16-18H2,1H3,(H,29,32)/t24-/m0/s1. The molecule has 1 aliphatic carbocycles. The molecule has 0 unspecified atom stereocenters. The average Bonchev–Trinajstić information content (AvgIpc) is 2.82. The van der Waals surface area contributed by atoms with Gasteiger partial charge in [-0.25, -0.2) is 4.39 Å². The summed E-state index contributed by atoms with van der Waals surface area (Å²) in [4.78, 5) is 28.2. The molecule has 0 bridgehead atoms. The van der Waals surface area contributed by atoms with Gasteiger partial charge in [-0.15, -0.1) is 11.8 Å². The first-order chi connectivity index (χ1) is 16.0. The van der Waals surface area contributed by atoms with E-state index in [-0.39, 0.29) is 29.4 Å². The number of amides is 2. The fraction of sp³-hybridized carbons (Fsp3) is 0.462. The van der Waals surface area contributed by atoms with E-state index < -0.39 is 6.04 Å². The SMILES string of the molecule is CC[C@@H](C(=O)NC1CCCCC1)N(Cc1ccccc1)C(=O)CSCc1c(F)cccc1Cl. The summed E-state index contributed by atoms with van der Waals surface area (Å²) in [6, 6.07) is 13.9. The van der Waals surface area contributed by atoms with Gasteiger partial charge in [0.25, 0.3) is 0 Å². The summed E-state index contributed by atoms with van der Waals surface area (Å²) >= 11 is 7.43. The van der Waals surface area contributed by atoms with Gasteiger partial charge in [-0.1, -0.05) is 74.2 Å². The Morgan fingerprint density at radius 2 is 1.85 bits per heavy atom. The number of carbonyl (C=O) groups is 2. The Bertz CT molecular complexity index is 902. The average molecular weight is 491 g/mol. The number of halogens is 2.